The van der Waals surface area contributed by atoms with Crippen LogP contribution >= 0.6 is 11.8 Å². The molecule has 4 heteroatoms. The van der Waals surface area contributed by atoms with E-state index in [1.807, 2.05) is 6.07 Å². The number of hydrogen-bond acceptors (Lipinski definition) is 3. The van der Waals surface area contributed by atoms with Gasteiger partial charge in [-0.3, -0.25) is 0 Å². The third kappa shape index (κ3) is 6.06. The van der Waals surface area contributed by atoms with Crippen molar-refractivity contribution in [2.75, 3.05) is 19.0 Å². The van der Waals surface area contributed by atoms with E-state index in [1.54, 1.807) is 11.8 Å². The molecule has 0 amide bonds. The molecule has 0 unspecified atom stereocenters. The molecule has 2 nitrogen and oxygen atoms in total. The number of halogens is 1. The smallest absolute Gasteiger partial charge is 0.124 e. The van der Waals surface area contributed by atoms with Gasteiger partial charge in [-0.25, -0.2) is 4.39 Å². The monoisotopic (exact) mass is 268 g/mol. The van der Waals surface area contributed by atoms with Crippen LogP contribution in [-0.4, -0.2) is 29.2 Å². The summed E-state index contributed by atoms with van der Waals surface area (Å²) in [6.45, 7) is 0.209. The van der Waals surface area contributed by atoms with Crippen LogP contribution in [-0.2, 0) is 5.75 Å². The van der Waals surface area contributed by atoms with Crippen LogP contribution in [0.1, 0.15) is 24.0 Å². The van der Waals surface area contributed by atoms with Crippen LogP contribution in [0.4, 0.5) is 4.39 Å². The van der Waals surface area contributed by atoms with E-state index in [9.17, 15) is 4.39 Å². The maximum atomic E-state index is 13.3. The average molecular weight is 268 g/mol. The van der Waals surface area contributed by atoms with Crippen LogP contribution in [0.3, 0.4) is 0 Å². The predicted octanol–water partition coefficient (Wildman–Crippen LogP) is 2.18. The maximum Gasteiger partial charge on any atom is 0.124 e. The second-order valence-electron chi connectivity index (χ2n) is 3.75. The van der Waals surface area contributed by atoms with E-state index in [0.717, 1.165) is 17.7 Å². The van der Waals surface area contributed by atoms with Crippen LogP contribution in [0, 0.1) is 17.7 Å². The first-order chi connectivity index (χ1) is 8.76. The van der Waals surface area contributed by atoms with Crippen molar-refractivity contribution in [1.82, 2.24) is 0 Å². The highest BCUT2D eigenvalue weighted by Gasteiger charge is 2.00. The summed E-state index contributed by atoms with van der Waals surface area (Å²) in [4.78, 5) is 0. The van der Waals surface area contributed by atoms with Crippen molar-refractivity contribution < 1.29 is 14.6 Å². The topological polar surface area (TPSA) is 40.5 Å². The molecule has 0 fully saturated rings. The van der Waals surface area contributed by atoms with Crippen LogP contribution in [0.5, 0.6) is 0 Å². The van der Waals surface area contributed by atoms with Crippen molar-refractivity contribution in [2.45, 2.75) is 18.6 Å². The largest absolute Gasteiger partial charge is 0.396 e. The van der Waals surface area contributed by atoms with Crippen LogP contribution in [0.25, 0.3) is 0 Å². The van der Waals surface area contributed by atoms with E-state index in [-0.39, 0.29) is 19.0 Å². The third-order valence-electron chi connectivity index (χ3n) is 2.14. The lowest BCUT2D eigenvalue weighted by atomic mass is 10.1. The summed E-state index contributed by atoms with van der Waals surface area (Å²) in [6, 6.07) is 4.76. The zero-order chi connectivity index (χ0) is 13.2. The summed E-state index contributed by atoms with van der Waals surface area (Å²) < 4.78 is 13.3. The van der Waals surface area contributed by atoms with Crippen molar-refractivity contribution in [2.24, 2.45) is 0 Å². The molecule has 0 aromatic heterocycles. The second-order valence-corrected chi connectivity index (χ2v) is 4.86. The van der Waals surface area contributed by atoms with Gasteiger partial charge in [-0.05, 0) is 35.9 Å². The van der Waals surface area contributed by atoms with Crippen molar-refractivity contribution in [1.29, 1.82) is 0 Å². The molecule has 0 bridgehead atoms. The molecule has 0 spiro atoms. The first-order valence-corrected chi connectivity index (χ1v) is 6.99. The lowest BCUT2D eigenvalue weighted by Crippen LogP contribution is -1.90. The standard InChI is InChI=1S/C14H17FO2S/c15-14-9-12(4-1-2-5-16)8-13(10-14)11-18-7-3-6-17/h8-10,16-17H,2-3,5-7,11H2. The van der Waals surface area contributed by atoms with Gasteiger partial charge in [0.05, 0.1) is 6.61 Å². The minimum Gasteiger partial charge on any atom is -0.396 e. The van der Waals surface area contributed by atoms with Gasteiger partial charge in [-0.1, -0.05) is 11.8 Å². The fourth-order valence-corrected chi connectivity index (χ4v) is 2.26. The van der Waals surface area contributed by atoms with Crippen molar-refractivity contribution in [3.8, 4) is 11.8 Å². The first kappa shape index (κ1) is 15.0. The summed E-state index contributed by atoms with van der Waals surface area (Å²) >= 11 is 1.66. The number of rotatable bonds is 6. The zero-order valence-electron chi connectivity index (χ0n) is 10.2. The molecular formula is C14H17FO2S. The zero-order valence-corrected chi connectivity index (χ0v) is 11.0. The molecule has 0 aliphatic carbocycles. The van der Waals surface area contributed by atoms with E-state index >= 15 is 0 Å². The first-order valence-electron chi connectivity index (χ1n) is 5.84. The Labute approximate surface area is 111 Å². The number of benzene rings is 1. The molecule has 0 atom stereocenters. The molecule has 98 valence electrons. The highest BCUT2D eigenvalue weighted by atomic mass is 32.2. The molecule has 1 aromatic carbocycles. The summed E-state index contributed by atoms with van der Waals surface area (Å²) in [7, 11) is 0. The van der Waals surface area contributed by atoms with Gasteiger partial charge >= 0.3 is 0 Å². The van der Waals surface area contributed by atoms with Gasteiger partial charge in [0.2, 0.25) is 0 Å². The molecule has 0 saturated carbocycles. The van der Waals surface area contributed by atoms with Gasteiger partial charge in [-0.2, -0.15) is 11.8 Å². The Hall–Kier alpha value is -1.02. The summed E-state index contributed by atoms with van der Waals surface area (Å²) in [5.74, 6) is 6.89. The minimum atomic E-state index is -0.288. The maximum absolute atomic E-state index is 13.3. The molecule has 2 N–H and O–H groups in total. The van der Waals surface area contributed by atoms with Crippen LogP contribution < -0.4 is 0 Å². The number of thioether (sulfide) groups is 1. The lowest BCUT2D eigenvalue weighted by molar-refractivity contribution is 0.296. The Kier molecular flexibility index (Phi) is 7.51. The molecule has 0 heterocycles. The van der Waals surface area contributed by atoms with Crippen molar-refractivity contribution in [3.05, 3.63) is 35.1 Å². The summed E-state index contributed by atoms with van der Waals surface area (Å²) in [5, 5.41) is 17.3. The SMILES string of the molecule is OCCC#Cc1cc(F)cc(CSCCCO)c1. The van der Waals surface area contributed by atoms with Crippen molar-refractivity contribution in [3.63, 3.8) is 0 Å². The van der Waals surface area contributed by atoms with Crippen LogP contribution in [0.15, 0.2) is 18.2 Å². The number of aliphatic hydroxyl groups excluding tert-OH is 2. The van der Waals surface area contributed by atoms with Gasteiger partial charge in [0.25, 0.3) is 0 Å². The van der Waals surface area contributed by atoms with E-state index in [4.69, 9.17) is 10.2 Å². The number of aliphatic hydroxyl groups is 2. The van der Waals surface area contributed by atoms with Gasteiger partial charge in [-0.15, -0.1) is 0 Å². The molecule has 1 rings (SSSR count). The minimum absolute atomic E-state index is 0.0200. The Morgan fingerprint density at radius 3 is 2.72 bits per heavy atom. The van der Waals surface area contributed by atoms with E-state index < -0.39 is 0 Å². The highest BCUT2D eigenvalue weighted by molar-refractivity contribution is 7.98. The predicted molar refractivity (Wildman–Crippen MR) is 72.8 cm³/mol. The molecular weight excluding hydrogens is 251 g/mol. The Balaban J connectivity index is 2.60. The van der Waals surface area contributed by atoms with E-state index in [2.05, 4.69) is 11.8 Å². The lowest BCUT2D eigenvalue weighted by Gasteiger charge is -2.02. The third-order valence-corrected chi connectivity index (χ3v) is 3.26. The summed E-state index contributed by atoms with van der Waals surface area (Å²) in [6.07, 6.45) is 1.15. The highest BCUT2D eigenvalue weighted by Crippen LogP contribution is 2.16. The Morgan fingerprint density at radius 2 is 2.00 bits per heavy atom. The fraction of sp³-hybridized carbons (Fsp3) is 0.429. The summed E-state index contributed by atoms with van der Waals surface area (Å²) in [5.41, 5.74) is 1.53. The Morgan fingerprint density at radius 1 is 1.17 bits per heavy atom. The fourth-order valence-electron chi connectivity index (χ4n) is 1.38. The normalized spacial score (nSPS) is 9.94. The molecule has 1 aromatic rings. The number of hydrogen-bond donors (Lipinski definition) is 2. The molecule has 18 heavy (non-hydrogen) atoms. The Bertz CT molecular complexity index is 424. The van der Waals surface area contributed by atoms with Gasteiger partial charge in [0.15, 0.2) is 0 Å². The quantitative estimate of drug-likeness (QED) is 0.613. The molecule has 0 aliphatic heterocycles. The van der Waals surface area contributed by atoms with Gasteiger partial charge < -0.3 is 10.2 Å². The molecule has 0 aliphatic rings. The molecule has 0 radical (unpaired) electrons. The van der Waals surface area contributed by atoms with Gasteiger partial charge in [0.1, 0.15) is 5.82 Å². The average Bonchev–Trinajstić information content (AvgIpc) is 2.34. The van der Waals surface area contributed by atoms with E-state index in [0.29, 0.717) is 17.7 Å². The van der Waals surface area contributed by atoms with Crippen molar-refractivity contribution >= 4 is 11.8 Å². The second kappa shape index (κ2) is 8.98. The van der Waals surface area contributed by atoms with E-state index in [1.165, 1.54) is 12.1 Å². The molecule has 0 saturated heterocycles. The van der Waals surface area contributed by atoms with Gasteiger partial charge in [0, 0.05) is 24.3 Å². The van der Waals surface area contributed by atoms with Crippen LogP contribution in [0.2, 0.25) is 0 Å².